The third kappa shape index (κ3) is 6.14. The number of rotatable bonds is 10. The number of hydrogen-bond donors (Lipinski definition) is 1. The summed E-state index contributed by atoms with van der Waals surface area (Å²) in [5.74, 6) is 0.723. The number of aliphatic hydroxyl groups excluding tert-OH is 1. The molecule has 6 nitrogen and oxygen atoms in total. The van der Waals surface area contributed by atoms with E-state index < -0.39 is 15.9 Å². The van der Waals surface area contributed by atoms with Gasteiger partial charge in [0.15, 0.2) is 16.1 Å². The highest BCUT2D eigenvalue weighted by Gasteiger charge is 2.33. The second-order valence-corrected chi connectivity index (χ2v) is 10.0. The molecule has 30 heavy (non-hydrogen) atoms. The third-order valence-electron chi connectivity index (χ3n) is 5.46. The predicted molar refractivity (Wildman–Crippen MR) is 117 cm³/mol. The predicted octanol–water partition coefficient (Wildman–Crippen LogP) is 2.49. The van der Waals surface area contributed by atoms with Gasteiger partial charge in [0.2, 0.25) is 0 Å². The molecule has 0 aromatic heterocycles. The number of carbonyl (C=O) groups is 1. The minimum atomic E-state index is -3.04. The maximum absolute atomic E-state index is 12.0. The minimum absolute atomic E-state index is 0.0234. The van der Waals surface area contributed by atoms with E-state index in [1.165, 1.54) is 5.56 Å². The van der Waals surface area contributed by atoms with Gasteiger partial charge in [-0.25, -0.2) is 8.42 Å². The standard InChI is InChI=1S/C23H29NO5S/c1-2-18-7-9-19(10-8-18)13-24(21-11-12-30(27,28)17-21)14-22(26)16-29-23-6-4-3-5-20(23)15-25/h3-10,15,21-22,26H,2,11-14,16-17H2,1H3. The van der Waals surface area contributed by atoms with Gasteiger partial charge in [-0.05, 0) is 36.1 Å². The molecule has 0 radical (unpaired) electrons. The van der Waals surface area contributed by atoms with E-state index >= 15 is 0 Å². The Morgan fingerprint density at radius 3 is 2.50 bits per heavy atom. The van der Waals surface area contributed by atoms with Gasteiger partial charge in [-0.2, -0.15) is 0 Å². The molecular weight excluding hydrogens is 402 g/mol. The van der Waals surface area contributed by atoms with Crippen LogP contribution in [0.3, 0.4) is 0 Å². The molecule has 1 heterocycles. The van der Waals surface area contributed by atoms with Crippen LogP contribution in [0.15, 0.2) is 48.5 Å². The Labute approximate surface area is 178 Å². The van der Waals surface area contributed by atoms with Gasteiger partial charge in [0, 0.05) is 19.1 Å². The third-order valence-corrected chi connectivity index (χ3v) is 7.21. The average molecular weight is 432 g/mol. The molecule has 0 saturated carbocycles. The fraction of sp³-hybridized carbons (Fsp3) is 0.435. The largest absolute Gasteiger partial charge is 0.490 e. The summed E-state index contributed by atoms with van der Waals surface area (Å²) in [4.78, 5) is 13.2. The number of ether oxygens (including phenoxy) is 1. The molecule has 162 valence electrons. The zero-order valence-corrected chi connectivity index (χ0v) is 18.1. The van der Waals surface area contributed by atoms with Crippen molar-refractivity contribution < 1.29 is 23.1 Å². The molecule has 2 atom stereocenters. The van der Waals surface area contributed by atoms with Crippen LogP contribution in [-0.4, -0.2) is 61.5 Å². The van der Waals surface area contributed by atoms with Gasteiger partial charge in [-0.3, -0.25) is 9.69 Å². The quantitative estimate of drug-likeness (QED) is 0.582. The van der Waals surface area contributed by atoms with Gasteiger partial charge >= 0.3 is 0 Å². The van der Waals surface area contributed by atoms with Crippen LogP contribution in [0.4, 0.5) is 0 Å². The van der Waals surface area contributed by atoms with Crippen molar-refractivity contribution in [3.05, 3.63) is 65.2 Å². The van der Waals surface area contributed by atoms with E-state index in [1.54, 1.807) is 24.3 Å². The lowest BCUT2D eigenvalue weighted by atomic mass is 10.1. The van der Waals surface area contributed by atoms with Crippen molar-refractivity contribution >= 4 is 16.1 Å². The Hall–Kier alpha value is -2.22. The molecule has 7 heteroatoms. The molecule has 0 aliphatic carbocycles. The van der Waals surface area contributed by atoms with Crippen LogP contribution in [0.2, 0.25) is 0 Å². The molecule has 2 unspecified atom stereocenters. The van der Waals surface area contributed by atoms with Gasteiger partial charge in [0.1, 0.15) is 18.5 Å². The number of aldehydes is 1. The number of para-hydroxylation sites is 1. The zero-order chi connectivity index (χ0) is 21.6. The molecule has 1 fully saturated rings. The topological polar surface area (TPSA) is 83.9 Å². The molecule has 1 saturated heterocycles. The lowest BCUT2D eigenvalue weighted by Gasteiger charge is -2.30. The Balaban J connectivity index is 1.67. The molecule has 2 aromatic carbocycles. The Morgan fingerprint density at radius 2 is 1.87 bits per heavy atom. The summed E-state index contributed by atoms with van der Waals surface area (Å²) in [5.41, 5.74) is 2.76. The molecular formula is C23H29NO5S. The van der Waals surface area contributed by atoms with Crippen LogP contribution in [-0.2, 0) is 22.8 Å². The van der Waals surface area contributed by atoms with Crippen LogP contribution >= 0.6 is 0 Å². The van der Waals surface area contributed by atoms with E-state index in [2.05, 4.69) is 31.2 Å². The lowest BCUT2D eigenvalue weighted by Crippen LogP contribution is -2.42. The summed E-state index contributed by atoms with van der Waals surface area (Å²) in [5, 5.41) is 10.6. The molecule has 1 aliphatic heterocycles. The van der Waals surface area contributed by atoms with Crippen LogP contribution in [0.1, 0.15) is 34.8 Å². The summed E-state index contributed by atoms with van der Waals surface area (Å²) in [6.07, 6.45) is 1.43. The highest BCUT2D eigenvalue weighted by atomic mass is 32.2. The summed E-state index contributed by atoms with van der Waals surface area (Å²) < 4.78 is 29.7. The van der Waals surface area contributed by atoms with Crippen molar-refractivity contribution in [3.63, 3.8) is 0 Å². The molecule has 0 bridgehead atoms. The van der Waals surface area contributed by atoms with Crippen molar-refractivity contribution in [2.75, 3.05) is 24.7 Å². The number of nitrogens with zero attached hydrogens (tertiary/aromatic N) is 1. The maximum atomic E-state index is 12.0. The molecule has 0 spiro atoms. The first-order valence-electron chi connectivity index (χ1n) is 10.3. The van der Waals surface area contributed by atoms with Gasteiger partial charge in [0.05, 0.1) is 17.1 Å². The normalized spacial score (nSPS) is 19.0. The van der Waals surface area contributed by atoms with Crippen molar-refractivity contribution in [2.24, 2.45) is 0 Å². The van der Waals surface area contributed by atoms with Gasteiger partial charge < -0.3 is 9.84 Å². The number of sulfone groups is 1. The van der Waals surface area contributed by atoms with Crippen LogP contribution in [0.25, 0.3) is 0 Å². The number of hydrogen-bond acceptors (Lipinski definition) is 6. The molecule has 1 N–H and O–H groups in total. The van der Waals surface area contributed by atoms with E-state index in [0.29, 0.717) is 30.8 Å². The SMILES string of the molecule is CCc1ccc(CN(CC(O)COc2ccccc2C=O)C2CCS(=O)(=O)C2)cc1. The zero-order valence-electron chi connectivity index (χ0n) is 17.2. The highest BCUT2D eigenvalue weighted by molar-refractivity contribution is 7.91. The molecule has 2 aromatic rings. The van der Waals surface area contributed by atoms with E-state index in [1.807, 2.05) is 4.90 Å². The Morgan fingerprint density at radius 1 is 1.17 bits per heavy atom. The van der Waals surface area contributed by atoms with E-state index in [-0.39, 0.29) is 24.2 Å². The van der Waals surface area contributed by atoms with Gasteiger partial charge in [-0.15, -0.1) is 0 Å². The Bertz CT molecular complexity index is 942. The van der Waals surface area contributed by atoms with E-state index in [9.17, 15) is 18.3 Å². The van der Waals surface area contributed by atoms with Crippen molar-refractivity contribution in [1.29, 1.82) is 0 Å². The number of aliphatic hydroxyl groups is 1. The van der Waals surface area contributed by atoms with Gasteiger partial charge in [-0.1, -0.05) is 43.3 Å². The summed E-state index contributed by atoms with van der Waals surface area (Å²) in [6, 6.07) is 15.0. The second-order valence-electron chi connectivity index (χ2n) is 7.78. The first-order chi connectivity index (χ1) is 14.4. The number of carbonyl (C=O) groups excluding carboxylic acids is 1. The van der Waals surface area contributed by atoms with Gasteiger partial charge in [0.25, 0.3) is 0 Å². The number of aryl methyl sites for hydroxylation is 1. The molecule has 0 amide bonds. The first-order valence-corrected chi connectivity index (χ1v) is 12.1. The molecule has 1 aliphatic rings. The lowest BCUT2D eigenvalue weighted by molar-refractivity contribution is 0.0522. The maximum Gasteiger partial charge on any atom is 0.153 e. The van der Waals surface area contributed by atoms with Crippen LogP contribution in [0.5, 0.6) is 5.75 Å². The Kier molecular flexibility index (Phi) is 7.64. The van der Waals surface area contributed by atoms with Crippen molar-refractivity contribution in [3.8, 4) is 5.75 Å². The van der Waals surface area contributed by atoms with Crippen LogP contribution < -0.4 is 4.74 Å². The monoisotopic (exact) mass is 431 g/mol. The summed E-state index contributed by atoms with van der Waals surface area (Å²) >= 11 is 0. The molecule has 3 rings (SSSR count). The minimum Gasteiger partial charge on any atom is -0.490 e. The fourth-order valence-electron chi connectivity index (χ4n) is 3.74. The summed E-state index contributed by atoms with van der Waals surface area (Å²) in [7, 11) is -3.04. The smallest absolute Gasteiger partial charge is 0.153 e. The number of benzene rings is 2. The van der Waals surface area contributed by atoms with Crippen molar-refractivity contribution in [2.45, 2.75) is 38.5 Å². The fourth-order valence-corrected chi connectivity index (χ4v) is 5.50. The summed E-state index contributed by atoms with van der Waals surface area (Å²) in [6.45, 7) is 2.98. The van der Waals surface area contributed by atoms with Crippen LogP contribution in [0, 0.1) is 0 Å². The van der Waals surface area contributed by atoms with E-state index in [0.717, 1.165) is 18.3 Å². The first kappa shape index (κ1) is 22.5. The average Bonchev–Trinajstić information content (AvgIpc) is 3.12. The van der Waals surface area contributed by atoms with E-state index in [4.69, 9.17) is 4.74 Å². The van der Waals surface area contributed by atoms with Crippen molar-refractivity contribution in [1.82, 2.24) is 4.90 Å². The second kappa shape index (κ2) is 10.2. The highest BCUT2D eigenvalue weighted by Crippen LogP contribution is 2.21.